The van der Waals surface area contributed by atoms with Crippen LogP contribution < -0.4 is 5.32 Å². The summed E-state index contributed by atoms with van der Waals surface area (Å²) < 4.78 is 45.9. The van der Waals surface area contributed by atoms with Crippen molar-refractivity contribution < 1.29 is 22.7 Å². The largest absolute Gasteiger partial charge is 0.416 e. The molecule has 1 aromatic carbocycles. The SMILES string of the molecule is CSc1cc(C(F)(F)F)cc2c1CCN(C(=O)[C@@]1(C(C)C)CC[C@@H](NC3CCOCC3)C1)C2. The number of carbonyl (C=O) groups is 1. The number of benzene rings is 1. The third-order valence-corrected chi connectivity index (χ3v) is 8.71. The topological polar surface area (TPSA) is 41.6 Å². The van der Waals surface area contributed by atoms with Crippen molar-refractivity contribution in [3.8, 4) is 0 Å². The minimum Gasteiger partial charge on any atom is -0.381 e. The minimum atomic E-state index is -4.39. The fourth-order valence-electron chi connectivity index (χ4n) is 5.87. The van der Waals surface area contributed by atoms with Crippen LogP contribution in [-0.2, 0) is 28.7 Å². The van der Waals surface area contributed by atoms with Crippen molar-refractivity contribution in [3.63, 3.8) is 0 Å². The lowest BCUT2D eigenvalue weighted by atomic mass is 9.73. The molecule has 0 aromatic heterocycles. The highest BCUT2D eigenvalue weighted by atomic mass is 32.2. The highest BCUT2D eigenvalue weighted by molar-refractivity contribution is 7.98. The van der Waals surface area contributed by atoms with Crippen molar-refractivity contribution in [1.29, 1.82) is 0 Å². The number of hydrogen-bond acceptors (Lipinski definition) is 4. The number of carbonyl (C=O) groups excluding carboxylic acids is 1. The second-order valence-corrected chi connectivity index (χ2v) is 10.9. The molecule has 1 aromatic rings. The molecule has 1 saturated carbocycles. The molecular formula is C25H35F3N2O2S. The molecule has 2 heterocycles. The Labute approximate surface area is 199 Å². The van der Waals surface area contributed by atoms with E-state index in [1.165, 1.54) is 23.9 Å². The van der Waals surface area contributed by atoms with Crippen molar-refractivity contribution in [2.45, 2.75) is 82.1 Å². The maximum atomic E-state index is 13.9. The summed E-state index contributed by atoms with van der Waals surface area (Å²) in [7, 11) is 0. The van der Waals surface area contributed by atoms with Gasteiger partial charge in [-0.3, -0.25) is 4.79 Å². The van der Waals surface area contributed by atoms with E-state index in [2.05, 4.69) is 19.2 Å². The fraction of sp³-hybridized carbons (Fsp3) is 0.720. The third-order valence-electron chi connectivity index (χ3n) is 7.90. The van der Waals surface area contributed by atoms with Gasteiger partial charge in [0.1, 0.15) is 0 Å². The molecule has 1 N–H and O–H groups in total. The van der Waals surface area contributed by atoms with Crippen LogP contribution in [0.3, 0.4) is 0 Å². The average molecular weight is 485 g/mol. The number of nitrogens with one attached hydrogen (secondary N) is 1. The van der Waals surface area contributed by atoms with E-state index in [0.29, 0.717) is 35.5 Å². The summed E-state index contributed by atoms with van der Waals surface area (Å²) in [5.41, 5.74) is 0.524. The summed E-state index contributed by atoms with van der Waals surface area (Å²) in [6.45, 7) is 6.61. The number of ether oxygens (including phenoxy) is 1. The molecule has 4 nitrogen and oxygen atoms in total. The molecule has 1 amide bonds. The molecular weight excluding hydrogens is 449 g/mol. The smallest absolute Gasteiger partial charge is 0.381 e. The maximum Gasteiger partial charge on any atom is 0.416 e. The molecule has 1 aliphatic carbocycles. The Balaban J connectivity index is 1.52. The monoisotopic (exact) mass is 484 g/mol. The van der Waals surface area contributed by atoms with Crippen LogP contribution in [0.2, 0.25) is 0 Å². The van der Waals surface area contributed by atoms with Crippen LogP contribution in [0.4, 0.5) is 13.2 Å². The first-order chi connectivity index (χ1) is 15.6. The first-order valence-electron chi connectivity index (χ1n) is 12.0. The Morgan fingerprint density at radius 3 is 2.58 bits per heavy atom. The minimum absolute atomic E-state index is 0.113. The van der Waals surface area contributed by atoms with E-state index in [1.807, 2.05) is 11.2 Å². The van der Waals surface area contributed by atoms with E-state index < -0.39 is 17.2 Å². The van der Waals surface area contributed by atoms with Gasteiger partial charge in [-0.05, 0) is 74.0 Å². The lowest BCUT2D eigenvalue weighted by Crippen LogP contribution is -2.49. The van der Waals surface area contributed by atoms with Gasteiger partial charge in [0.2, 0.25) is 5.91 Å². The Morgan fingerprint density at radius 2 is 1.94 bits per heavy atom. The van der Waals surface area contributed by atoms with E-state index in [0.717, 1.165) is 50.9 Å². The molecule has 0 bridgehead atoms. The quantitative estimate of drug-likeness (QED) is 0.578. The summed E-state index contributed by atoms with van der Waals surface area (Å²) in [4.78, 5) is 16.4. The average Bonchev–Trinajstić information content (AvgIpc) is 3.22. The van der Waals surface area contributed by atoms with Crippen LogP contribution in [0.1, 0.15) is 62.6 Å². The van der Waals surface area contributed by atoms with Crippen LogP contribution in [0.15, 0.2) is 17.0 Å². The number of hydrogen-bond donors (Lipinski definition) is 1. The molecule has 8 heteroatoms. The molecule has 4 rings (SSSR count). The summed E-state index contributed by atoms with van der Waals surface area (Å²) >= 11 is 1.35. The number of amides is 1. The predicted molar refractivity (Wildman–Crippen MR) is 124 cm³/mol. The van der Waals surface area contributed by atoms with Gasteiger partial charge in [-0.2, -0.15) is 13.2 Å². The van der Waals surface area contributed by atoms with Gasteiger partial charge < -0.3 is 15.0 Å². The lowest BCUT2D eigenvalue weighted by Gasteiger charge is -2.40. The normalized spacial score (nSPS) is 26.6. The zero-order chi connectivity index (χ0) is 23.8. The van der Waals surface area contributed by atoms with Gasteiger partial charge in [-0.15, -0.1) is 11.8 Å². The number of rotatable bonds is 5. The standard InChI is InChI=1S/C25H35F3N2O2S/c1-16(2)24(8-4-20(14-24)29-19-6-10-32-11-7-19)23(31)30-9-5-21-17(15-30)12-18(25(26,27)28)13-22(21)33-3/h12-13,16,19-20,29H,4-11,14-15H2,1-3H3/t20-,24+/m1/s1. The molecule has 2 aliphatic heterocycles. The van der Waals surface area contributed by atoms with E-state index in [-0.39, 0.29) is 18.4 Å². The van der Waals surface area contributed by atoms with Gasteiger partial charge in [0.15, 0.2) is 0 Å². The van der Waals surface area contributed by atoms with E-state index in [9.17, 15) is 18.0 Å². The Bertz CT molecular complexity index is 870. The number of fused-ring (bicyclic) bond motifs is 1. The molecule has 0 unspecified atom stereocenters. The van der Waals surface area contributed by atoms with Crippen molar-refractivity contribution in [2.24, 2.45) is 11.3 Å². The predicted octanol–water partition coefficient (Wildman–Crippen LogP) is 5.28. The van der Waals surface area contributed by atoms with Crippen molar-refractivity contribution in [1.82, 2.24) is 10.2 Å². The van der Waals surface area contributed by atoms with Crippen LogP contribution >= 0.6 is 11.8 Å². The molecule has 0 spiro atoms. The molecule has 33 heavy (non-hydrogen) atoms. The molecule has 184 valence electrons. The van der Waals surface area contributed by atoms with E-state index in [4.69, 9.17) is 4.74 Å². The second kappa shape index (κ2) is 9.78. The van der Waals surface area contributed by atoms with Gasteiger partial charge in [0, 0.05) is 43.3 Å². The Morgan fingerprint density at radius 1 is 1.21 bits per heavy atom. The zero-order valence-corrected chi connectivity index (χ0v) is 20.6. The molecule has 2 fully saturated rings. The van der Waals surface area contributed by atoms with E-state index in [1.54, 1.807) is 0 Å². The maximum absolute atomic E-state index is 13.9. The Kier molecular flexibility index (Phi) is 7.37. The first kappa shape index (κ1) is 24.9. The van der Waals surface area contributed by atoms with Gasteiger partial charge in [0.25, 0.3) is 0 Å². The van der Waals surface area contributed by atoms with Crippen molar-refractivity contribution in [2.75, 3.05) is 26.0 Å². The number of alkyl halides is 3. The van der Waals surface area contributed by atoms with Crippen molar-refractivity contribution in [3.05, 3.63) is 28.8 Å². The van der Waals surface area contributed by atoms with Crippen LogP contribution in [0.5, 0.6) is 0 Å². The number of halogens is 3. The van der Waals surface area contributed by atoms with Crippen LogP contribution in [0, 0.1) is 11.3 Å². The first-order valence-corrected chi connectivity index (χ1v) is 13.3. The lowest BCUT2D eigenvalue weighted by molar-refractivity contribution is -0.146. The molecule has 2 atom stereocenters. The highest BCUT2D eigenvalue weighted by Crippen LogP contribution is 2.47. The summed E-state index contributed by atoms with van der Waals surface area (Å²) in [6.07, 6.45) is 2.61. The van der Waals surface area contributed by atoms with Gasteiger partial charge in [-0.25, -0.2) is 0 Å². The van der Waals surface area contributed by atoms with Gasteiger partial charge >= 0.3 is 6.18 Å². The number of thioether (sulfide) groups is 1. The van der Waals surface area contributed by atoms with Gasteiger partial charge in [0.05, 0.1) is 11.0 Å². The zero-order valence-electron chi connectivity index (χ0n) is 19.8. The Hall–Kier alpha value is -1.25. The molecule has 0 radical (unpaired) electrons. The highest BCUT2D eigenvalue weighted by Gasteiger charge is 2.50. The molecule has 3 aliphatic rings. The van der Waals surface area contributed by atoms with Crippen LogP contribution in [-0.4, -0.2) is 48.9 Å². The third kappa shape index (κ3) is 5.08. The second-order valence-electron chi connectivity index (χ2n) is 10.1. The molecule has 1 saturated heterocycles. The van der Waals surface area contributed by atoms with Crippen molar-refractivity contribution >= 4 is 17.7 Å². The van der Waals surface area contributed by atoms with Crippen LogP contribution in [0.25, 0.3) is 0 Å². The summed E-state index contributed by atoms with van der Waals surface area (Å²) in [5, 5.41) is 3.76. The summed E-state index contributed by atoms with van der Waals surface area (Å²) in [6, 6.07) is 3.24. The number of nitrogens with zero attached hydrogens (tertiary/aromatic N) is 1. The summed E-state index contributed by atoms with van der Waals surface area (Å²) in [5.74, 6) is 0.290. The van der Waals surface area contributed by atoms with Gasteiger partial charge in [-0.1, -0.05) is 13.8 Å². The fourth-order valence-corrected chi connectivity index (χ4v) is 6.60. The van der Waals surface area contributed by atoms with E-state index >= 15 is 0 Å².